The number of carbonyl (C=O) groups excluding carboxylic acids is 1. The van der Waals surface area contributed by atoms with E-state index in [-0.39, 0.29) is 5.91 Å². The largest absolute Gasteiger partial charge is 0.378 e. The molecule has 0 aliphatic carbocycles. The predicted molar refractivity (Wildman–Crippen MR) is 129 cm³/mol. The van der Waals surface area contributed by atoms with Gasteiger partial charge in [-0.25, -0.2) is 4.68 Å². The molecule has 1 saturated heterocycles. The lowest BCUT2D eigenvalue weighted by Gasteiger charge is -2.34. The number of aromatic nitrogens is 2. The van der Waals surface area contributed by atoms with Crippen LogP contribution in [0.4, 0.5) is 11.5 Å². The quantitative estimate of drug-likeness (QED) is 0.593. The van der Waals surface area contributed by atoms with E-state index in [1.165, 1.54) is 5.56 Å². The Morgan fingerprint density at radius 2 is 1.53 bits per heavy atom. The molecule has 0 radical (unpaired) electrons. The van der Waals surface area contributed by atoms with E-state index in [2.05, 4.69) is 73.6 Å². The highest BCUT2D eigenvalue weighted by Gasteiger charge is 2.19. The Hall–Kier alpha value is -3.16. The zero-order valence-corrected chi connectivity index (χ0v) is 18.9. The van der Waals surface area contributed by atoms with E-state index < -0.39 is 0 Å². The van der Waals surface area contributed by atoms with Gasteiger partial charge in [-0.3, -0.25) is 14.6 Å². The van der Waals surface area contributed by atoms with Gasteiger partial charge in [0.1, 0.15) is 5.82 Å². The minimum Gasteiger partial charge on any atom is -0.378 e. The van der Waals surface area contributed by atoms with Crippen molar-refractivity contribution in [1.82, 2.24) is 19.6 Å². The van der Waals surface area contributed by atoms with Crippen molar-refractivity contribution >= 4 is 17.4 Å². The van der Waals surface area contributed by atoms with Crippen LogP contribution >= 0.6 is 0 Å². The van der Waals surface area contributed by atoms with Crippen LogP contribution < -0.4 is 10.2 Å². The maximum atomic E-state index is 12.7. The zero-order valence-electron chi connectivity index (χ0n) is 18.9. The number of hydrogen-bond donors (Lipinski definition) is 1. The van der Waals surface area contributed by atoms with Crippen molar-refractivity contribution in [2.45, 2.75) is 13.1 Å². The Kier molecular flexibility index (Phi) is 7.19. The van der Waals surface area contributed by atoms with E-state index in [4.69, 9.17) is 0 Å². The van der Waals surface area contributed by atoms with Crippen LogP contribution in [0.5, 0.6) is 0 Å². The van der Waals surface area contributed by atoms with E-state index in [1.807, 2.05) is 30.9 Å². The smallest absolute Gasteiger partial charge is 0.239 e. The number of carbonyl (C=O) groups is 1. The number of hydrogen-bond acceptors (Lipinski definition) is 5. The molecule has 0 bridgehead atoms. The van der Waals surface area contributed by atoms with Gasteiger partial charge in [0.2, 0.25) is 5.91 Å². The van der Waals surface area contributed by atoms with Crippen LogP contribution in [0.1, 0.15) is 11.1 Å². The lowest BCUT2D eigenvalue weighted by atomic mass is 10.2. The Morgan fingerprint density at radius 3 is 2.22 bits per heavy atom. The van der Waals surface area contributed by atoms with Crippen LogP contribution in [-0.2, 0) is 17.9 Å². The Labute approximate surface area is 190 Å². The van der Waals surface area contributed by atoms with Crippen molar-refractivity contribution in [2.24, 2.45) is 0 Å². The molecule has 7 heteroatoms. The number of anilines is 2. The predicted octanol–water partition coefficient (Wildman–Crippen LogP) is 2.75. The lowest BCUT2D eigenvalue weighted by molar-refractivity contribution is -0.117. The fourth-order valence-electron chi connectivity index (χ4n) is 3.97. The molecule has 4 rings (SSSR count). The molecule has 2 aromatic carbocycles. The summed E-state index contributed by atoms with van der Waals surface area (Å²) in [5.74, 6) is 0.737. The van der Waals surface area contributed by atoms with Gasteiger partial charge in [-0.1, -0.05) is 42.5 Å². The van der Waals surface area contributed by atoms with Crippen molar-refractivity contribution < 1.29 is 4.79 Å². The second kappa shape index (κ2) is 10.4. The van der Waals surface area contributed by atoms with Crippen LogP contribution in [-0.4, -0.2) is 72.3 Å². The first-order valence-electron chi connectivity index (χ1n) is 11.1. The van der Waals surface area contributed by atoms with E-state index in [9.17, 15) is 4.79 Å². The number of nitrogens with one attached hydrogen (secondary N) is 1. The van der Waals surface area contributed by atoms with Gasteiger partial charge in [0, 0.05) is 58.6 Å². The number of piperazine rings is 1. The first-order valence-corrected chi connectivity index (χ1v) is 11.1. The second-order valence-electron chi connectivity index (χ2n) is 8.52. The minimum absolute atomic E-state index is 0.00575. The molecule has 0 spiro atoms. The molecule has 1 aliphatic heterocycles. The van der Waals surface area contributed by atoms with Crippen LogP contribution in [0.3, 0.4) is 0 Å². The third kappa shape index (κ3) is 5.96. The van der Waals surface area contributed by atoms with Crippen LogP contribution in [0.15, 0.2) is 66.9 Å². The van der Waals surface area contributed by atoms with Gasteiger partial charge >= 0.3 is 0 Å². The van der Waals surface area contributed by atoms with Gasteiger partial charge in [-0.05, 0) is 23.3 Å². The van der Waals surface area contributed by atoms with Gasteiger partial charge in [0.25, 0.3) is 0 Å². The average Bonchev–Trinajstić information content (AvgIpc) is 3.22. The van der Waals surface area contributed by atoms with Gasteiger partial charge in [-0.15, -0.1) is 0 Å². The van der Waals surface area contributed by atoms with Crippen molar-refractivity contribution in [3.05, 3.63) is 78.0 Å². The summed E-state index contributed by atoms with van der Waals surface area (Å²) in [5.41, 5.74) is 3.64. The Morgan fingerprint density at radius 1 is 0.875 bits per heavy atom. The van der Waals surface area contributed by atoms with E-state index in [0.29, 0.717) is 13.1 Å². The first-order chi connectivity index (χ1) is 15.6. The van der Waals surface area contributed by atoms with Crippen LogP contribution in [0.25, 0.3) is 0 Å². The summed E-state index contributed by atoms with van der Waals surface area (Å²) >= 11 is 0. The molecular formula is C25H32N6O. The highest BCUT2D eigenvalue weighted by Crippen LogP contribution is 2.15. The first kappa shape index (κ1) is 22.0. The number of rotatable bonds is 8. The third-order valence-electron chi connectivity index (χ3n) is 5.85. The molecule has 1 fully saturated rings. The van der Waals surface area contributed by atoms with E-state index in [1.54, 1.807) is 6.20 Å². The molecule has 0 saturated carbocycles. The third-order valence-corrected chi connectivity index (χ3v) is 5.85. The molecule has 0 atom stereocenters. The highest BCUT2D eigenvalue weighted by molar-refractivity contribution is 5.91. The summed E-state index contributed by atoms with van der Waals surface area (Å²) in [6.07, 6.45) is 1.73. The molecule has 1 aliphatic rings. The molecule has 32 heavy (non-hydrogen) atoms. The minimum atomic E-state index is 0.00575. The maximum Gasteiger partial charge on any atom is 0.239 e. The summed E-state index contributed by atoms with van der Waals surface area (Å²) in [6.45, 7) is 5.74. The molecule has 2 heterocycles. The summed E-state index contributed by atoms with van der Waals surface area (Å²) < 4.78 is 1.83. The monoisotopic (exact) mass is 432 g/mol. The number of benzene rings is 2. The van der Waals surface area contributed by atoms with Crippen molar-refractivity contribution in [1.29, 1.82) is 0 Å². The SMILES string of the molecule is CN(C)c1ccc(Cn2nccc2NC(=O)CN2CCN(Cc3ccccc3)CC2)cc1. The average molecular weight is 433 g/mol. The zero-order chi connectivity index (χ0) is 22.3. The summed E-state index contributed by atoms with van der Waals surface area (Å²) in [7, 11) is 4.05. The fourth-order valence-corrected chi connectivity index (χ4v) is 3.97. The van der Waals surface area contributed by atoms with Crippen LogP contribution in [0, 0.1) is 0 Å². The number of nitrogens with zero attached hydrogens (tertiary/aromatic N) is 5. The standard InChI is InChI=1S/C25H32N6O/c1-28(2)23-10-8-22(9-11-23)19-31-24(12-13-26-31)27-25(32)20-30-16-14-29(15-17-30)18-21-6-4-3-5-7-21/h3-13H,14-20H2,1-2H3,(H,27,32). The van der Waals surface area contributed by atoms with E-state index in [0.717, 1.165) is 49.8 Å². The van der Waals surface area contributed by atoms with Crippen LogP contribution in [0.2, 0.25) is 0 Å². The second-order valence-corrected chi connectivity index (χ2v) is 8.52. The van der Waals surface area contributed by atoms with Crippen molar-refractivity contribution in [3.8, 4) is 0 Å². The van der Waals surface area contributed by atoms with Gasteiger partial charge in [0.15, 0.2) is 0 Å². The van der Waals surface area contributed by atoms with Crippen molar-refractivity contribution in [3.63, 3.8) is 0 Å². The van der Waals surface area contributed by atoms with Gasteiger partial charge in [0.05, 0.1) is 19.3 Å². The maximum absolute atomic E-state index is 12.7. The molecule has 1 aromatic heterocycles. The summed E-state index contributed by atoms with van der Waals surface area (Å²) in [6, 6.07) is 20.8. The van der Waals surface area contributed by atoms with Gasteiger partial charge in [-0.2, -0.15) is 5.10 Å². The number of amides is 1. The Bertz CT molecular complexity index is 991. The van der Waals surface area contributed by atoms with Gasteiger partial charge < -0.3 is 10.2 Å². The topological polar surface area (TPSA) is 56.6 Å². The molecule has 3 aromatic rings. The lowest BCUT2D eigenvalue weighted by Crippen LogP contribution is -2.48. The molecule has 168 valence electrons. The molecular weight excluding hydrogens is 400 g/mol. The highest BCUT2D eigenvalue weighted by atomic mass is 16.2. The molecule has 0 unspecified atom stereocenters. The van der Waals surface area contributed by atoms with Crippen molar-refractivity contribution in [2.75, 3.05) is 57.0 Å². The summed E-state index contributed by atoms with van der Waals surface area (Å²) in [5, 5.41) is 7.43. The molecule has 1 N–H and O–H groups in total. The Balaban J connectivity index is 1.25. The fraction of sp³-hybridized carbons (Fsp3) is 0.360. The van der Waals surface area contributed by atoms with E-state index >= 15 is 0 Å². The summed E-state index contributed by atoms with van der Waals surface area (Å²) in [4.78, 5) is 19.4. The molecule has 1 amide bonds. The normalized spacial score (nSPS) is 14.9. The molecule has 7 nitrogen and oxygen atoms in total.